The van der Waals surface area contributed by atoms with Crippen molar-refractivity contribution in [1.29, 1.82) is 0 Å². The van der Waals surface area contributed by atoms with Gasteiger partial charge in [-0.2, -0.15) is 0 Å². The van der Waals surface area contributed by atoms with Crippen LogP contribution in [0.25, 0.3) is 0 Å². The van der Waals surface area contributed by atoms with E-state index in [0.29, 0.717) is 24.5 Å². The second-order valence-electron chi connectivity index (χ2n) is 4.22. The zero-order valence-electron chi connectivity index (χ0n) is 11.0. The number of nitro groups is 1. The molecule has 7 nitrogen and oxygen atoms in total. The van der Waals surface area contributed by atoms with Crippen molar-refractivity contribution < 1.29 is 9.72 Å². The third-order valence-corrected chi connectivity index (χ3v) is 3.02. The highest BCUT2D eigenvalue weighted by atomic mass is 35.5. The molecule has 1 heterocycles. The first-order chi connectivity index (χ1) is 10.0. The van der Waals surface area contributed by atoms with Gasteiger partial charge in [0.1, 0.15) is 16.8 Å². The summed E-state index contributed by atoms with van der Waals surface area (Å²) in [6.45, 7) is 2.02. The van der Waals surface area contributed by atoms with Gasteiger partial charge in [0.15, 0.2) is 6.29 Å². The third-order valence-electron chi connectivity index (χ3n) is 2.74. The number of carbonyl (C=O) groups excluding carboxylic acids is 1. The van der Waals surface area contributed by atoms with E-state index < -0.39 is 4.92 Å². The molecule has 0 atom stereocenters. The second-order valence-corrected chi connectivity index (χ2v) is 4.58. The van der Waals surface area contributed by atoms with E-state index in [4.69, 9.17) is 11.6 Å². The Morgan fingerprint density at radius 2 is 2.00 bits per heavy atom. The number of nitrogens with zero attached hydrogens (tertiary/aromatic N) is 3. The summed E-state index contributed by atoms with van der Waals surface area (Å²) < 4.78 is 0. The number of halogens is 1. The first-order valence-corrected chi connectivity index (χ1v) is 6.35. The Morgan fingerprint density at radius 3 is 2.57 bits per heavy atom. The summed E-state index contributed by atoms with van der Waals surface area (Å²) in [5.74, 6) is 0.776. The monoisotopic (exact) mass is 306 g/mol. The normalized spacial score (nSPS) is 10.2. The number of aromatic nitrogens is 2. The first kappa shape index (κ1) is 14.9. The number of carbonyl (C=O) groups is 1. The molecule has 0 fully saturated rings. The topological polar surface area (TPSA) is 98.0 Å². The van der Waals surface area contributed by atoms with Gasteiger partial charge in [-0.25, -0.2) is 9.97 Å². The van der Waals surface area contributed by atoms with Crippen molar-refractivity contribution in [3.05, 3.63) is 56.5 Å². The van der Waals surface area contributed by atoms with Gasteiger partial charge in [-0.05, 0) is 12.5 Å². The molecule has 1 aromatic heterocycles. The molecule has 0 bridgehead atoms. The van der Waals surface area contributed by atoms with Crippen LogP contribution in [0.15, 0.2) is 24.3 Å². The molecule has 0 aliphatic rings. The Kier molecular flexibility index (Phi) is 4.44. The van der Waals surface area contributed by atoms with E-state index in [9.17, 15) is 14.9 Å². The molecular weight excluding hydrogens is 296 g/mol. The first-order valence-electron chi connectivity index (χ1n) is 5.98. The van der Waals surface area contributed by atoms with Crippen LogP contribution >= 0.6 is 11.6 Å². The number of nitro benzene ring substituents is 1. The number of aryl methyl sites for hydroxylation is 1. The van der Waals surface area contributed by atoms with Gasteiger partial charge in [-0.3, -0.25) is 14.9 Å². The Balaban J connectivity index is 2.16. The van der Waals surface area contributed by atoms with Crippen molar-refractivity contribution >= 4 is 29.4 Å². The SMILES string of the molecule is Cc1nc(Cl)c(C=O)c(NCc2ccc([N+](=O)[O-])cc2)n1. The van der Waals surface area contributed by atoms with Crippen LogP contribution in [0.3, 0.4) is 0 Å². The molecule has 0 saturated heterocycles. The number of hydrogen-bond donors (Lipinski definition) is 1. The van der Waals surface area contributed by atoms with E-state index in [-0.39, 0.29) is 16.4 Å². The van der Waals surface area contributed by atoms with Crippen LogP contribution in [0.5, 0.6) is 0 Å². The minimum atomic E-state index is -0.463. The lowest BCUT2D eigenvalue weighted by Gasteiger charge is -2.09. The molecule has 0 aliphatic carbocycles. The molecule has 0 aliphatic heterocycles. The van der Waals surface area contributed by atoms with Gasteiger partial charge in [0.2, 0.25) is 0 Å². The van der Waals surface area contributed by atoms with E-state index in [1.807, 2.05) is 0 Å². The van der Waals surface area contributed by atoms with Gasteiger partial charge >= 0.3 is 0 Å². The summed E-state index contributed by atoms with van der Waals surface area (Å²) in [7, 11) is 0. The van der Waals surface area contributed by atoms with Gasteiger partial charge in [0, 0.05) is 18.7 Å². The van der Waals surface area contributed by atoms with Gasteiger partial charge in [0.05, 0.1) is 10.5 Å². The van der Waals surface area contributed by atoms with Crippen molar-refractivity contribution in [2.75, 3.05) is 5.32 Å². The number of aldehydes is 1. The zero-order valence-corrected chi connectivity index (χ0v) is 11.8. The van der Waals surface area contributed by atoms with Crippen molar-refractivity contribution in [3.8, 4) is 0 Å². The maximum atomic E-state index is 11.0. The van der Waals surface area contributed by atoms with Gasteiger partial charge < -0.3 is 5.32 Å². The van der Waals surface area contributed by atoms with Gasteiger partial charge in [0.25, 0.3) is 5.69 Å². The summed E-state index contributed by atoms with van der Waals surface area (Å²) >= 11 is 5.87. The fourth-order valence-electron chi connectivity index (χ4n) is 1.71. The minimum Gasteiger partial charge on any atom is -0.365 e. The third kappa shape index (κ3) is 3.51. The van der Waals surface area contributed by atoms with E-state index in [1.54, 1.807) is 19.1 Å². The quantitative estimate of drug-likeness (QED) is 0.395. The average molecular weight is 307 g/mol. The maximum Gasteiger partial charge on any atom is 0.269 e. The summed E-state index contributed by atoms with van der Waals surface area (Å²) in [6.07, 6.45) is 0.583. The number of anilines is 1. The van der Waals surface area contributed by atoms with Crippen LogP contribution in [0, 0.1) is 17.0 Å². The van der Waals surface area contributed by atoms with Crippen molar-refractivity contribution in [2.45, 2.75) is 13.5 Å². The Hall–Kier alpha value is -2.54. The molecule has 108 valence electrons. The van der Waals surface area contributed by atoms with E-state index in [0.717, 1.165) is 5.56 Å². The van der Waals surface area contributed by atoms with Crippen molar-refractivity contribution in [3.63, 3.8) is 0 Å². The smallest absolute Gasteiger partial charge is 0.269 e. The van der Waals surface area contributed by atoms with Crippen LogP contribution in [-0.2, 0) is 6.54 Å². The van der Waals surface area contributed by atoms with Gasteiger partial charge in [-0.15, -0.1) is 0 Å². The maximum absolute atomic E-state index is 11.0. The predicted octanol–water partition coefficient (Wildman–Crippen LogP) is 2.77. The molecule has 21 heavy (non-hydrogen) atoms. The number of non-ortho nitro benzene ring substituents is 1. The highest BCUT2D eigenvalue weighted by Crippen LogP contribution is 2.20. The molecule has 0 radical (unpaired) electrons. The fourth-order valence-corrected chi connectivity index (χ4v) is 1.96. The van der Waals surface area contributed by atoms with E-state index in [1.165, 1.54) is 12.1 Å². The molecule has 0 amide bonds. The molecule has 1 aromatic carbocycles. The lowest BCUT2D eigenvalue weighted by molar-refractivity contribution is -0.384. The second kappa shape index (κ2) is 6.27. The summed E-state index contributed by atoms with van der Waals surface area (Å²) in [5, 5.41) is 13.6. The van der Waals surface area contributed by atoms with Crippen LogP contribution in [-0.4, -0.2) is 21.2 Å². The highest BCUT2D eigenvalue weighted by Gasteiger charge is 2.11. The molecule has 2 aromatic rings. The highest BCUT2D eigenvalue weighted by molar-refractivity contribution is 6.32. The Bertz CT molecular complexity index is 689. The predicted molar refractivity (Wildman–Crippen MR) is 77.6 cm³/mol. The lowest BCUT2D eigenvalue weighted by atomic mass is 10.2. The van der Waals surface area contributed by atoms with Crippen LogP contribution in [0.4, 0.5) is 11.5 Å². The summed E-state index contributed by atoms with van der Waals surface area (Å²) in [6, 6.07) is 6.08. The molecule has 8 heteroatoms. The molecule has 0 spiro atoms. The molecule has 0 saturated carbocycles. The van der Waals surface area contributed by atoms with Crippen LogP contribution < -0.4 is 5.32 Å². The van der Waals surface area contributed by atoms with Crippen molar-refractivity contribution in [2.24, 2.45) is 0 Å². The van der Waals surface area contributed by atoms with Gasteiger partial charge in [-0.1, -0.05) is 23.7 Å². The summed E-state index contributed by atoms with van der Waals surface area (Å²) in [4.78, 5) is 29.1. The molecular formula is C13H11ClN4O3. The van der Waals surface area contributed by atoms with Crippen LogP contribution in [0.1, 0.15) is 21.7 Å². The fraction of sp³-hybridized carbons (Fsp3) is 0.154. The number of rotatable bonds is 5. The largest absolute Gasteiger partial charge is 0.365 e. The van der Waals surface area contributed by atoms with E-state index >= 15 is 0 Å². The molecule has 2 rings (SSSR count). The zero-order chi connectivity index (χ0) is 15.4. The number of nitrogens with one attached hydrogen (secondary N) is 1. The molecule has 0 unspecified atom stereocenters. The Morgan fingerprint density at radius 1 is 1.33 bits per heavy atom. The van der Waals surface area contributed by atoms with Crippen molar-refractivity contribution in [1.82, 2.24) is 9.97 Å². The number of hydrogen-bond acceptors (Lipinski definition) is 6. The lowest BCUT2D eigenvalue weighted by Crippen LogP contribution is -2.07. The van der Waals surface area contributed by atoms with E-state index in [2.05, 4.69) is 15.3 Å². The molecule has 1 N–H and O–H groups in total. The minimum absolute atomic E-state index is 0.0215. The number of benzene rings is 1. The Labute approximate surface area is 125 Å². The summed E-state index contributed by atoms with van der Waals surface area (Å²) in [5.41, 5.74) is 1.02. The average Bonchev–Trinajstić information content (AvgIpc) is 2.45. The van der Waals surface area contributed by atoms with Crippen LogP contribution in [0.2, 0.25) is 5.15 Å². The standard InChI is InChI=1S/C13H11ClN4O3/c1-8-16-12(14)11(7-19)13(17-8)15-6-9-2-4-10(5-3-9)18(20)21/h2-5,7H,6H2,1H3,(H,15,16,17).